The SMILES string of the molecule is CCNc1nc(-c2ccc(C)c(C)c2)cc(C(F)F)n1. The van der Waals surface area contributed by atoms with Crippen LogP contribution in [0, 0.1) is 13.8 Å². The molecule has 2 rings (SSSR count). The van der Waals surface area contributed by atoms with Crippen LogP contribution in [0.15, 0.2) is 24.3 Å². The van der Waals surface area contributed by atoms with E-state index in [9.17, 15) is 8.78 Å². The van der Waals surface area contributed by atoms with E-state index in [4.69, 9.17) is 0 Å². The predicted octanol–water partition coefficient (Wildman–Crippen LogP) is 4.13. The Morgan fingerprint density at radius 2 is 1.85 bits per heavy atom. The monoisotopic (exact) mass is 277 g/mol. The van der Waals surface area contributed by atoms with Crippen molar-refractivity contribution >= 4 is 5.95 Å². The van der Waals surface area contributed by atoms with E-state index >= 15 is 0 Å². The smallest absolute Gasteiger partial charge is 0.280 e. The number of alkyl halides is 2. The number of aromatic nitrogens is 2. The summed E-state index contributed by atoms with van der Waals surface area (Å²) in [5.74, 6) is 0.235. The minimum absolute atomic E-state index is 0.235. The number of nitrogens with one attached hydrogen (secondary N) is 1. The number of aryl methyl sites for hydroxylation is 2. The minimum Gasteiger partial charge on any atom is -0.354 e. The summed E-state index contributed by atoms with van der Waals surface area (Å²) >= 11 is 0. The fraction of sp³-hybridized carbons (Fsp3) is 0.333. The van der Waals surface area contributed by atoms with E-state index in [1.165, 1.54) is 6.07 Å². The molecule has 20 heavy (non-hydrogen) atoms. The average Bonchev–Trinajstić information content (AvgIpc) is 2.42. The molecule has 5 heteroatoms. The maximum atomic E-state index is 12.9. The van der Waals surface area contributed by atoms with Gasteiger partial charge < -0.3 is 5.32 Å². The highest BCUT2D eigenvalue weighted by molar-refractivity contribution is 5.62. The zero-order valence-electron chi connectivity index (χ0n) is 11.7. The topological polar surface area (TPSA) is 37.8 Å². The van der Waals surface area contributed by atoms with Gasteiger partial charge in [-0.25, -0.2) is 18.7 Å². The zero-order chi connectivity index (χ0) is 14.7. The molecule has 0 radical (unpaired) electrons. The highest BCUT2D eigenvalue weighted by Crippen LogP contribution is 2.25. The van der Waals surface area contributed by atoms with Crippen LogP contribution in [0.25, 0.3) is 11.3 Å². The quantitative estimate of drug-likeness (QED) is 0.913. The Morgan fingerprint density at radius 3 is 2.45 bits per heavy atom. The van der Waals surface area contributed by atoms with Gasteiger partial charge in [-0.05, 0) is 44.0 Å². The summed E-state index contributed by atoms with van der Waals surface area (Å²) in [6, 6.07) is 7.13. The third kappa shape index (κ3) is 3.10. The van der Waals surface area contributed by atoms with Crippen molar-refractivity contribution in [3.8, 4) is 11.3 Å². The largest absolute Gasteiger partial charge is 0.354 e. The molecular formula is C15H17F2N3. The molecule has 1 N–H and O–H groups in total. The van der Waals surface area contributed by atoms with Crippen LogP contribution in [-0.4, -0.2) is 16.5 Å². The summed E-state index contributed by atoms with van der Waals surface area (Å²) in [7, 11) is 0. The van der Waals surface area contributed by atoms with Gasteiger partial charge in [0.05, 0.1) is 5.69 Å². The highest BCUT2D eigenvalue weighted by atomic mass is 19.3. The minimum atomic E-state index is -2.61. The Bertz CT molecular complexity index is 612. The van der Waals surface area contributed by atoms with E-state index in [1.54, 1.807) is 0 Å². The number of rotatable bonds is 4. The second kappa shape index (κ2) is 5.94. The lowest BCUT2D eigenvalue weighted by Crippen LogP contribution is -2.05. The van der Waals surface area contributed by atoms with E-state index in [1.807, 2.05) is 39.0 Å². The van der Waals surface area contributed by atoms with E-state index in [2.05, 4.69) is 15.3 Å². The highest BCUT2D eigenvalue weighted by Gasteiger charge is 2.14. The summed E-state index contributed by atoms with van der Waals surface area (Å²) in [5, 5.41) is 2.88. The summed E-state index contributed by atoms with van der Waals surface area (Å²) in [5.41, 5.74) is 3.32. The zero-order valence-corrected chi connectivity index (χ0v) is 11.7. The standard InChI is InChI=1S/C15H17F2N3/c1-4-18-15-19-12(8-13(20-15)14(16)17)11-6-5-9(2)10(3)7-11/h5-8,14H,4H2,1-3H3,(H,18,19,20). The molecule has 0 aliphatic heterocycles. The molecule has 0 bridgehead atoms. The van der Waals surface area contributed by atoms with Crippen molar-refractivity contribution in [2.24, 2.45) is 0 Å². The van der Waals surface area contributed by atoms with Crippen LogP contribution < -0.4 is 5.32 Å². The van der Waals surface area contributed by atoms with Gasteiger partial charge in [0, 0.05) is 12.1 Å². The normalized spacial score (nSPS) is 10.9. The number of anilines is 1. The van der Waals surface area contributed by atoms with Crippen LogP contribution in [0.1, 0.15) is 30.2 Å². The van der Waals surface area contributed by atoms with Gasteiger partial charge in [-0.2, -0.15) is 0 Å². The van der Waals surface area contributed by atoms with Gasteiger partial charge in [-0.1, -0.05) is 12.1 Å². The van der Waals surface area contributed by atoms with Crippen LogP contribution in [0.4, 0.5) is 14.7 Å². The van der Waals surface area contributed by atoms with Crippen molar-refractivity contribution in [3.63, 3.8) is 0 Å². The molecule has 0 fully saturated rings. The van der Waals surface area contributed by atoms with Crippen LogP contribution in [0.2, 0.25) is 0 Å². The number of halogens is 2. The maximum Gasteiger partial charge on any atom is 0.280 e. The Kier molecular flexibility index (Phi) is 4.27. The number of hydrogen-bond acceptors (Lipinski definition) is 3. The molecule has 0 amide bonds. The van der Waals surface area contributed by atoms with Crippen molar-refractivity contribution in [1.29, 1.82) is 0 Å². The molecule has 1 aromatic carbocycles. The van der Waals surface area contributed by atoms with Crippen LogP contribution in [-0.2, 0) is 0 Å². The Morgan fingerprint density at radius 1 is 1.10 bits per heavy atom. The summed E-state index contributed by atoms with van der Waals surface area (Å²) in [4.78, 5) is 8.11. The molecule has 1 aromatic heterocycles. The van der Waals surface area contributed by atoms with Crippen molar-refractivity contribution < 1.29 is 8.78 Å². The fourth-order valence-electron chi connectivity index (χ4n) is 1.86. The number of nitrogens with zero attached hydrogens (tertiary/aromatic N) is 2. The number of hydrogen-bond donors (Lipinski definition) is 1. The molecule has 0 spiro atoms. The lowest BCUT2D eigenvalue weighted by molar-refractivity contribution is 0.146. The third-order valence-electron chi connectivity index (χ3n) is 3.11. The molecular weight excluding hydrogens is 260 g/mol. The Balaban J connectivity index is 2.51. The molecule has 2 aromatic rings. The predicted molar refractivity (Wildman–Crippen MR) is 76.1 cm³/mol. The van der Waals surface area contributed by atoms with E-state index in [-0.39, 0.29) is 11.6 Å². The van der Waals surface area contributed by atoms with Crippen LogP contribution in [0.5, 0.6) is 0 Å². The van der Waals surface area contributed by atoms with Gasteiger partial charge in [0.25, 0.3) is 6.43 Å². The average molecular weight is 277 g/mol. The van der Waals surface area contributed by atoms with Gasteiger partial charge in [0.15, 0.2) is 0 Å². The first-order valence-corrected chi connectivity index (χ1v) is 6.50. The second-order valence-corrected chi connectivity index (χ2v) is 4.63. The molecule has 0 atom stereocenters. The van der Waals surface area contributed by atoms with E-state index in [0.29, 0.717) is 12.2 Å². The summed E-state index contributed by atoms with van der Waals surface area (Å²) in [6.07, 6.45) is -2.61. The van der Waals surface area contributed by atoms with Gasteiger partial charge >= 0.3 is 0 Å². The van der Waals surface area contributed by atoms with Gasteiger partial charge in [0.1, 0.15) is 5.69 Å². The molecule has 1 heterocycles. The first-order chi connectivity index (χ1) is 9.51. The number of benzene rings is 1. The maximum absolute atomic E-state index is 12.9. The molecule has 3 nitrogen and oxygen atoms in total. The molecule has 0 saturated carbocycles. The molecule has 106 valence electrons. The van der Waals surface area contributed by atoms with Crippen molar-refractivity contribution in [3.05, 3.63) is 41.1 Å². The first-order valence-electron chi connectivity index (χ1n) is 6.50. The van der Waals surface area contributed by atoms with Gasteiger partial charge in [-0.3, -0.25) is 0 Å². The third-order valence-corrected chi connectivity index (χ3v) is 3.11. The van der Waals surface area contributed by atoms with Crippen molar-refractivity contribution in [2.75, 3.05) is 11.9 Å². The van der Waals surface area contributed by atoms with Gasteiger partial charge in [-0.15, -0.1) is 0 Å². The lowest BCUT2D eigenvalue weighted by Gasteiger charge is -2.09. The van der Waals surface area contributed by atoms with Crippen LogP contribution in [0.3, 0.4) is 0 Å². The molecule has 0 aliphatic rings. The lowest BCUT2D eigenvalue weighted by atomic mass is 10.0. The Hall–Kier alpha value is -2.04. The molecule has 0 unspecified atom stereocenters. The molecule has 0 aliphatic carbocycles. The van der Waals surface area contributed by atoms with E-state index in [0.717, 1.165) is 16.7 Å². The summed E-state index contributed by atoms with van der Waals surface area (Å²) in [6.45, 7) is 6.44. The molecule has 0 saturated heterocycles. The van der Waals surface area contributed by atoms with E-state index < -0.39 is 6.43 Å². The first kappa shape index (κ1) is 14.4. The van der Waals surface area contributed by atoms with Gasteiger partial charge in [0.2, 0.25) is 5.95 Å². The van der Waals surface area contributed by atoms with Crippen LogP contribution >= 0.6 is 0 Å². The summed E-state index contributed by atoms with van der Waals surface area (Å²) < 4.78 is 25.8. The Labute approximate surface area is 117 Å². The van der Waals surface area contributed by atoms with Crippen molar-refractivity contribution in [1.82, 2.24) is 9.97 Å². The van der Waals surface area contributed by atoms with Crippen molar-refractivity contribution in [2.45, 2.75) is 27.2 Å². The second-order valence-electron chi connectivity index (χ2n) is 4.63. The fourth-order valence-corrected chi connectivity index (χ4v) is 1.86.